The van der Waals surface area contributed by atoms with Crippen molar-refractivity contribution in [1.29, 1.82) is 0 Å². The number of amides is 1. The summed E-state index contributed by atoms with van der Waals surface area (Å²) in [6, 6.07) is 22.3. The van der Waals surface area contributed by atoms with E-state index < -0.39 is 0 Å². The minimum atomic E-state index is -0.00399. The van der Waals surface area contributed by atoms with Crippen LogP contribution in [0.4, 0.5) is 0 Å². The standard InChI is InChI=1S/C21H20N4O/c26-21(22-12-14-24-13-6-11-23-24)16-25-19-10-5-4-9-18(19)15-20(25)17-7-2-1-3-8-17/h1-11,13,15H,12,14,16H2,(H,22,26). The van der Waals surface area contributed by atoms with E-state index in [2.05, 4.69) is 45.3 Å². The predicted molar refractivity (Wildman–Crippen MR) is 103 cm³/mol. The highest BCUT2D eigenvalue weighted by molar-refractivity contribution is 5.89. The maximum atomic E-state index is 12.5. The summed E-state index contributed by atoms with van der Waals surface area (Å²) in [4.78, 5) is 12.5. The normalized spacial score (nSPS) is 10.9. The summed E-state index contributed by atoms with van der Waals surface area (Å²) in [5.41, 5.74) is 3.22. The van der Waals surface area contributed by atoms with Gasteiger partial charge in [-0.1, -0.05) is 48.5 Å². The van der Waals surface area contributed by atoms with Crippen molar-refractivity contribution in [3.63, 3.8) is 0 Å². The minimum Gasteiger partial charge on any atom is -0.353 e. The van der Waals surface area contributed by atoms with Crippen molar-refractivity contribution in [2.24, 2.45) is 0 Å². The molecule has 2 aromatic heterocycles. The predicted octanol–water partition coefficient (Wildman–Crippen LogP) is 3.32. The van der Waals surface area contributed by atoms with E-state index in [4.69, 9.17) is 0 Å². The number of carbonyl (C=O) groups excluding carboxylic acids is 1. The van der Waals surface area contributed by atoms with E-state index in [0.29, 0.717) is 13.1 Å². The first-order valence-corrected chi connectivity index (χ1v) is 8.69. The lowest BCUT2D eigenvalue weighted by molar-refractivity contribution is -0.121. The van der Waals surface area contributed by atoms with Gasteiger partial charge in [0, 0.05) is 35.5 Å². The van der Waals surface area contributed by atoms with Crippen LogP contribution in [0.5, 0.6) is 0 Å². The fourth-order valence-corrected chi connectivity index (χ4v) is 3.17. The number of nitrogens with zero attached hydrogens (tertiary/aromatic N) is 3. The Morgan fingerprint density at radius 2 is 1.81 bits per heavy atom. The number of fused-ring (bicyclic) bond motifs is 1. The third kappa shape index (κ3) is 3.37. The Kier molecular flexibility index (Phi) is 4.51. The lowest BCUT2D eigenvalue weighted by Crippen LogP contribution is -2.30. The summed E-state index contributed by atoms with van der Waals surface area (Å²) < 4.78 is 3.88. The van der Waals surface area contributed by atoms with Crippen molar-refractivity contribution < 1.29 is 4.79 Å². The number of benzene rings is 2. The quantitative estimate of drug-likeness (QED) is 0.583. The fraction of sp³-hybridized carbons (Fsp3) is 0.143. The van der Waals surface area contributed by atoms with Crippen molar-refractivity contribution in [1.82, 2.24) is 19.7 Å². The SMILES string of the molecule is O=C(Cn1c(-c2ccccc2)cc2ccccc21)NCCn1cccn1. The van der Waals surface area contributed by atoms with E-state index in [1.807, 2.05) is 42.6 Å². The van der Waals surface area contributed by atoms with Crippen molar-refractivity contribution in [3.8, 4) is 11.3 Å². The van der Waals surface area contributed by atoms with Crippen LogP contribution in [-0.2, 0) is 17.9 Å². The number of hydrogen-bond acceptors (Lipinski definition) is 2. The molecule has 5 nitrogen and oxygen atoms in total. The number of hydrogen-bond donors (Lipinski definition) is 1. The molecule has 0 bridgehead atoms. The number of nitrogens with one attached hydrogen (secondary N) is 1. The number of para-hydroxylation sites is 1. The summed E-state index contributed by atoms with van der Waals surface area (Å²) in [5, 5.41) is 8.26. The Morgan fingerprint density at radius 3 is 2.62 bits per heavy atom. The van der Waals surface area contributed by atoms with Gasteiger partial charge in [-0.2, -0.15) is 5.10 Å². The number of carbonyl (C=O) groups is 1. The summed E-state index contributed by atoms with van der Waals surface area (Å²) in [6.45, 7) is 1.51. The zero-order valence-corrected chi connectivity index (χ0v) is 14.4. The largest absolute Gasteiger partial charge is 0.353 e. The van der Waals surface area contributed by atoms with Crippen LogP contribution in [-0.4, -0.2) is 26.8 Å². The van der Waals surface area contributed by atoms with Gasteiger partial charge in [0.05, 0.1) is 6.54 Å². The smallest absolute Gasteiger partial charge is 0.240 e. The summed E-state index contributed by atoms with van der Waals surface area (Å²) in [5.74, 6) is -0.00399. The Balaban J connectivity index is 1.55. The molecule has 0 aliphatic rings. The highest BCUT2D eigenvalue weighted by Crippen LogP contribution is 2.28. The van der Waals surface area contributed by atoms with Crippen LogP contribution in [0.2, 0.25) is 0 Å². The molecule has 1 amide bonds. The molecule has 130 valence electrons. The minimum absolute atomic E-state index is 0.00399. The zero-order chi connectivity index (χ0) is 17.8. The average Bonchev–Trinajstić information content (AvgIpc) is 3.31. The topological polar surface area (TPSA) is 51.9 Å². The zero-order valence-electron chi connectivity index (χ0n) is 14.4. The van der Waals surface area contributed by atoms with Gasteiger partial charge in [0.2, 0.25) is 5.91 Å². The molecule has 1 N–H and O–H groups in total. The van der Waals surface area contributed by atoms with E-state index in [9.17, 15) is 4.79 Å². The van der Waals surface area contributed by atoms with Gasteiger partial charge in [-0.3, -0.25) is 9.48 Å². The van der Waals surface area contributed by atoms with Crippen LogP contribution in [0.1, 0.15) is 0 Å². The van der Waals surface area contributed by atoms with E-state index >= 15 is 0 Å². The molecule has 26 heavy (non-hydrogen) atoms. The highest BCUT2D eigenvalue weighted by atomic mass is 16.1. The Bertz CT molecular complexity index is 1000. The molecular formula is C21H20N4O. The summed E-state index contributed by atoms with van der Waals surface area (Å²) >= 11 is 0. The lowest BCUT2D eigenvalue weighted by Gasteiger charge is -2.12. The maximum absolute atomic E-state index is 12.5. The molecule has 0 fully saturated rings. The van der Waals surface area contributed by atoms with E-state index in [-0.39, 0.29) is 12.5 Å². The molecule has 0 saturated carbocycles. The van der Waals surface area contributed by atoms with E-state index in [1.165, 1.54) is 0 Å². The number of aromatic nitrogens is 3. The highest BCUT2D eigenvalue weighted by Gasteiger charge is 2.13. The van der Waals surface area contributed by atoms with Crippen LogP contribution in [0.3, 0.4) is 0 Å². The first kappa shape index (κ1) is 16.1. The first-order chi connectivity index (χ1) is 12.8. The second-order valence-corrected chi connectivity index (χ2v) is 6.16. The molecule has 0 saturated heterocycles. The third-order valence-corrected chi connectivity index (χ3v) is 4.40. The van der Waals surface area contributed by atoms with Gasteiger partial charge in [-0.25, -0.2) is 0 Å². The van der Waals surface area contributed by atoms with Gasteiger partial charge in [0.15, 0.2) is 0 Å². The Hall–Kier alpha value is -3.34. The van der Waals surface area contributed by atoms with Crippen LogP contribution < -0.4 is 5.32 Å². The number of rotatable bonds is 6. The van der Waals surface area contributed by atoms with E-state index in [1.54, 1.807) is 10.9 Å². The second-order valence-electron chi connectivity index (χ2n) is 6.16. The van der Waals surface area contributed by atoms with Crippen LogP contribution >= 0.6 is 0 Å². The Labute approximate surface area is 151 Å². The molecule has 5 heteroatoms. The molecule has 2 heterocycles. The van der Waals surface area contributed by atoms with Crippen LogP contribution in [0.15, 0.2) is 79.1 Å². The Morgan fingerprint density at radius 1 is 1.00 bits per heavy atom. The van der Waals surface area contributed by atoms with Gasteiger partial charge in [0.25, 0.3) is 0 Å². The van der Waals surface area contributed by atoms with Crippen molar-refractivity contribution in [2.45, 2.75) is 13.1 Å². The summed E-state index contributed by atoms with van der Waals surface area (Å²) in [6.07, 6.45) is 3.62. The van der Waals surface area contributed by atoms with Gasteiger partial charge in [0.1, 0.15) is 6.54 Å². The molecule has 0 spiro atoms. The molecule has 0 radical (unpaired) electrons. The molecule has 4 rings (SSSR count). The molecular weight excluding hydrogens is 324 g/mol. The third-order valence-electron chi connectivity index (χ3n) is 4.40. The lowest BCUT2D eigenvalue weighted by atomic mass is 10.1. The molecule has 0 aliphatic heterocycles. The molecule has 4 aromatic rings. The van der Waals surface area contributed by atoms with Crippen molar-refractivity contribution >= 4 is 16.8 Å². The molecule has 0 aliphatic carbocycles. The summed E-state index contributed by atoms with van der Waals surface area (Å²) in [7, 11) is 0. The van der Waals surface area contributed by atoms with Gasteiger partial charge in [-0.15, -0.1) is 0 Å². The van der Waals surface area contributed by atoms with Crippen molar-refractivity contribution in [2.75, 3.05) is 6.54 Å². The average molecular weight is 344 g/mol. The maximum Gasteiger partial charge on any atom is 0.240 e. The first-order valence-electron chi connectivity index (χ1n) is 8.69. The van der Waals surface area contributed by atoms with Crippen LogP contribution in [0.25, 0.3) is 22.2 Å². The van der Waals surface area contributed by atoms with Gasteiger partial charge >= 0.3 is 0 Å². The fourth-order valence-electron chi connectivity index (χ4n) is 3.17. The molecule has 2 aromatic carbocycles. The molecule has 0 unspecified atom stereocenters. The van der Waals surface area contributed by atoms with Crippen LogP contribution in [0, 0.1) is 0 Å². The molecule has 0 atom stereocenters. The van der Waals surface area contributed by atoms with Crippen molar-refractivity contribution in [3.05, 3.63) is 79.1 Å². The van der Waals surface area contributed by atoms with Gasteiger partial charge in [-0.05, 0) is 23.8 Å². The van der Waals surface area contributed by atoms with Gasteiger partial charge < -0.3 is 9.88 Å². The second kappa shape index (κ2) is 7.27. The van der Waals surface area contributed by atoms with E-state index in [0.717, 1.165) is 22.2 Å². The monoisotopic (exact) mass is 344 g/mol.